The van der Waals surface area contributed by atoms with Crippen molar-refractivity contribution in [1.82, 2.24) is 9.97 Å². The van der Waals surface area contributed by atoms with Crippen LogP contribution in [0.25, 0.3) is 0 Å². The van der Waals surface area contributed by atoms with Crippen molar-refractivity contribution in [3.8, 4) is 0 Å². The standard InChI is InChI=1S/C13H13N3O2/c1-8-5-9(2)15-11(6-8)16-13(18)10-3-4-14-12(17)7-10/h3-7H,1-2H3,(H,14,17)(H,15,16,18). The Labute approximate surface area is 104 Å². The van der Waals surface area contributed by atoms with Gasteiger partial charge in [0, 0.05) is 23.5 Å². The number of rotatable bonds is 2. The van der Waals surface area contributed by atoms with Gasteiger partial charge in [-0.2, -0.15) is 0 Å². The first-order valence-corrected chi connectivity index (χ1v) is 5.50. The van der Waals surface area contributed by atoms with Crippen LogP contribution in [0.2, 0.25) is 0 Å². The monoisotopic (exact) mass is 243 g/mol. The van der Waals surface area contributed by atoms with E-state index in [1.807, 2.05) is 19.9 Å². The van der Waals surface area contributed by atoms with Crippen molar-refractivity contribution in [3.05, 3.63) is 57.6 Å². The number of carbonyl (C=O) groups is 1. The number of pyridine rings is 2. The molecule has 0 atom stereocenters. The van der Waals surface area contributed by atoms with Crippen LogP contribution in [0.5, 0.6) is 0 Å². The molecule has 0 fully saturated rings. The maximum absolute atomic E-state index is 11.9. The molecule has 2 aromatic rings. The van der Waals surface area contributed by atoms with E-state index in [9.17, 15) is 9.59 Å². The molecule has 0 bridgehead atoms. The summed E-state index contributed by atoms with van der Waals surface area (Å²) in [4.78, 5) is 29.7. The van der Waals surface area contributed by atoms with Gasteiger partial charge in [0.05, 0.1) is 0 Å². The fourth-order valence-electron chi connectivity index (χ4n) is 1.68. The first kappa shape index (κ1) is 12.0. The number of anilines is 1. The van der Waals surface area contributed by atoms with Gasteiger partial charge in [-0.25, -0.2) is 4.98 Å². The summed E-state index contributed by atoms with van der Waals surface area (Å²) in [7, 11) is 0. The van der Waals surface area contributed by atoms with Crippen LogP contribution in [0.1, 0.15) is 21.6 Å². The summed E-state index contributed by atoms with van der Waals surface area (Å²) in [6.07, 6.45) is 1.44. The number of hydrogen-bond donors (Lipinski definition) is 2. The number of H-pyrrole nitrogens is 1. The number of nitrogens with zero attached hydrogens (tertiary/aromatic N) is 1. The van der Waals surface area contributed by atoms with E-state index in [1.165, 1.54) is 12.3 Å². The summed E-state index contributed by atoms with van der Waals surface area (Å²) in [6.45, 7) is 3.79. The molecule has 2 heterocycles. The molecule has 18 heavy (non-hydrogen) atoms. The topological polar surface area (TPSA) is 74.8 Å². The molecule has 0 aliphatic rings. The number of amides is 1. The Morgan fingerprint density at radius 2 is 2.06 bits per heavy atom. The first-order valence-electron chi connectivity index (χ1n) is 5.50. The van der Waals surface area contributed by atoms with Gasteiger partial charge >= 0.3 is 0 Å². The zero-order valence-corrected chi connectivity index (χ0v) is 10.2. The van der Waals surface area contributed by atoms with Crippen molar-refractivity contribution in [3.63, 3.8) is 0 Å². The molecule has 0 aliphatic carbocycles. The third kappa shape index (κ3) is 2.82. The van der Waals surface area contributed by atoms with Crippen LogP contribution in [0, 0.1) is 13.8 Å². The lowest BCUT2D eigenvalue weighted by molar-refractivity contribution is 0.102. The SMILES string of the molecule is Cc1cc(C)nc(NC(=O)c2cc[nH]c(=O)c2)c1. The zero-order valence-electron chi connectivity index (χ0n) is 10.2. The molecule has 0 aliphatic heterocycles. The highest BCUT2D eigenvalue weighted by Crippen LogP contribution is 2.10. The Kier molecular flexibility index (Phi) is 3.23. The van der Waals surface area contributed by atoms with E-state index in [0.717, 1.165) is 11.3 Å². The Morgan fingerprint density at radius 3 is 2.72 bits per heavy atom. The highest BCUT2D eigenvalue weighted by molar-refractivity contribution is 6.03. The highest BCUT2D eigenvalue weighted by atomic mass is 16.2. The quantitative estimate of drug-likeness (QED) is 0.842. The molecule has 2 rings (SSSR count). The summed E-state index contributed by atoms with van der Waals surface area (Å²) in [5.74, 6) is 0.136. The van der Waals surface area contributed by atoms with Gasteiger partial charge in [-0.3, -0.25) is 9.59 Å². The molecule has 0 saturated heterocycles. The van der Waals surface area contributed by atoms with Crippen molar-refractivity contribution in [2.24, 2.45) is 0 Å². The Bertz CT molecular complexity index is 626. The molecule has 1 amide bonds. The highest BCUT2D eigenvalue weighted by Gasteiger charge is 2.07. The van der Waals surface area contributed by atoms with E-state index in [4.69, 9.17) is 0 Å². The molecule has 92 valence electrons. The molecule has 2 aromatic heterocycles. The number of aromatic nitrogens is 2. The minimum atomic E-state index is -0.349. The van der Waals surface area contributed by atoms with Crippen LogP contribution in [0.3, 0.4) is 0 Å². The minimum Gasteiger partial charge on any atom is -0.329 e. The molecule has 0 aromatic carbocycles. The van der Waals surface area contributed by atoms with Crippen LogP contribution in [0.15, 0.2) is 35.3 Å². The lowest BCUT2D eigenvalue weighted by Gasteiger charge is -2.06. The number of nitrogens with one attached hydrogen (secondary N) is 2. The van der Waals surface area contributed by atoms with Gasteiger partial charge in [-0.15, -0.1) is 0 Å². The molecule has 0 radical (unpaired) electrons. The number of carbonyl (C=O) groups excluding carboxylic acids is 1. The van der Waals surface area contributed by atoms with Gasteiger partial charge < -0.3 is 10.3 Å². The molecule has 0 saturated carbocycles. The van der Waals surface area contributed by atoms with E-state index in [0.29, 0.717) is 11.4 Å². The van der Waals surface area contributed by atoms with Crippen LogP contribution in [-0.4, -0.2) is 15.9 Å². The van der Waals surface area contributed by atoms with Crippen LogP contribution in [-0.2, 0) is 0 Å². The maximum atomic E-state index is 11.9. The third-order valence-corrected chi connectivity index (χ3v) is 2.38. The molecule has 5 nitrogen and oxygen atoms in total. The Balaban J connectivity index is 2.24. The Morgan fingerprint density at radius 1 is 1.28 bits per heavy atom. The molecular formula is C13H13N3O2. The van der Waals surface area contributed by atoms with E-state index in [-0.39, 0.29) is 11.5 Å². The number of hydrogen-bond acceptors (Lipinski definition) is 3. The van der Waals surface area contributed by atoms with Gasteiger partial charge in [0.2, 0.25) is 5.56 Å². The van der Waals surface area contributed by atoms with Gasteiger partial charge in [-0.1, -0.05) is 0 Å². The van der Waals surface area contributed by atoms with Crippen LogP contribution < -0.4 is 10.9 Å². The second-order valence-electron chi connectivity index (χ2n) is 4.07. The summed E-state index contributed by atoms with van der Waals surface area (Å²) in [5.41, 5.74) is 1.84. The molecule has 0 spiro atoms. The number of aromatic amines is 1. The van der Waals surface area contributed by atoms with Crippen molar-refractivity contribution < 1.29 is 4.79 Å². The lowest BCUT2D eigenvalue weighted by atomic mass is 10.2. The summed E-state index contributed by atoms with van der Waals surface area (Å²) in [6, 6.07) is 6.48. The summed E-state index contributed by atoms with van der Waals surface area (Å²) in [5, 5.41) is 2.66. The fraction of sp³-hybridized carbons (Fsp3) is 0.154. The third-order valence-electron chi connectivity index (χ3n) is 2.38. The number of aryl methyl sites for hydroxylation is 2. The maximum Gasteiger partial charge on any atom is 0.257 e. The smallest absolute Gasteiger partial charge is 0.257 e. The average Bonchev–Trinajstić information content (AvgIpc) is 2.27. The second-order valence-corrected chi connectivity index (χ2v) is 4.07. The van der Waals surface area contributed by atoms with Crippen molar-refractivity contribution in [1.29, 1.82) is 0 Å². The van der Waals surface area contributed by atoms with Gasteiger partial charge in [0.25, 0.3) is 5.91 Å². The molecule has 0 unspecified atom stereocenters. The average molecular weight is 243 g/mol. The lowest BCUT2D eigenvalue weighted by Crippen LogP contribution is -2.16. The molecular weight excluding hydrogens is 230 g/mol. The Hall–Kier alpha value is -2.43. The van der Waals surface area contributed by atoms with Crippen LogP contribution >= 0.6 is 0 Å². The summed E-state index contributed by atoms with van der Waals surface area (Å²) >= 11 is 0. The normalized spacial score (nSPS) is 10.1. The van der Waals surface area contributed by atoms with Crippen molar-refractivity contribution in [2.45, 2.75) is 13.8 Å². The van der Waals surface area contributed by atoms with E-state index >= 15 is 0 Å². The van der Waals surface area contributed by atoms with Gasteiger partial charge in [-0.05, 0) is 37.6 Å². The van der Waals surface area contributed by atoms with Gasteiger partial charge in [0.1, 0.15) is 5.82 Å². The van der Waals surface area contributed by atoms with Crippen molar-refractivity contribution in [2.75, 3.05) is 5.32 Å². The van der Waals surface area contributed by atoms with Gasteiger partial charge in [0.15, 0.2) is 0 Å². The first-order chi connectivity index (χ1) is 8.54. The minimum absolute atomic E-state index is 0.305. The van der Waals surface area contributed by atoms with E-state index in [1.54, 1.807) is 12.1 Å². The van der Waals surface area contributed by atoms with Crippen molar-refractivity contribution >= 4 is 11.7 Å². The zero-order chi connectivity index (χ0) is 13.1. The second kappa shape index (κ2) is 4.83. The largest absolute Gasteiger partial charge is 0.329 e. The molecule has 2 N–H and O–H groups in total. The van der Waals surface area contributed by atoms with Crippen LogP contribution in [0.4, 0.5) is 5.82 Å². The molecule has 5 heteroatoms. The fourth-order valence-corrected chi connectivity index (χ4v) is 1.68. The summed E-state index contributed by atoms with van der Waals surface area (Å²) < 4.78 is 0. The van der Waals surface area contributed by atoms with E-state index in [2.05, 4.69) is 15.3 Å². The van der Waals surface area contributed by atoms with E-state index < -0.39 is 0 Å². The predicted octanol–water partition coefficient (Wildman–Crippen LogP) is 1.64. The predicted molar refractivity (Wildman–Crippen MR) is 68.7 cm³/mol.